The van der Waals surface area contributed by atoms with Crippen molar-refractivity contribution in [1.29, 1.82) is 0 Å². The molecule has 18 heavy (non-hydrogen) atoms. The van der Waals surface area contributed by atoms with E-state index in [2.05, 4.69) is 46.8 Å². The van der Waals surface area contributed by atoms with Gasteiger partial charge in [-0.3, -0.25) is 0 Å². The van der Waals surface area contributed by atoms with Crippen LogP contribution in [0.1, 0.15) is 73.1 Å². The van der Waals surface area contributed by atoms with E-state index < -0.39 is 0 Å². The molecule has 0 aromatic rings. The maximum absolute atomic E-state index is 5.07. The lowest BCUT2D eigenvalue weighted by atomic mass is 9.79. The second kappa shape index (κ2) is 6.72. The maximum atomic E-state index is 5.07. The van der Waals surface area contributed by atoms with Crippen molar-refractivity contribution >= 4 is 0 Å². The quantitative estimate of drug-likeness (QED) is 0.319. The predicted octanol–water partition coefficient (Wildman–Crippen LogP) is 5.24. The highest BCUT2D eigenvalue weighted by Crippen LogP contribution is 2.41. The summed E-state index contributed by atoms with van der Waals surface area (Å²) in [5.41, 5.74) is 0.317. The highest BCUT2D eigenvalue weighted by atomic mass is 17.4. The van der Waals surface area contributed by atoms with Crippen LogP contribution < -0.4 is 0 Å². The summed E-state index contributed by atoms with van der Waals surface area (Å²) in [6.07, 6.45) is 12.0. The monoisotopic (exact) mass is 254 g/mol. The molecule has 1 heterocycles. The normalized spacial score (nSPS) is 20.3. The summed E-state index contributed by atoms with van der Waals surface area (Å²) in [5, 5.41) is 0. The molecule has 1 aliphatic heterocycles. The van der Waals surface area contributed by atoms with Crippen molar-refractivity contribution < 1.29 is 9.78 Å². The van der Waals surface area contributed by atoms with Crippen molar-refractivity contribution in [1.82, 2.24) is 0 Å². The molecule has 1 aliphatic rings. The molecule has 0 N–H and O–H groups in total. The Balaban J connectivity index is 2.58. The summed E-state index contributed by atoms with van der Waals surface area (Å²) < 4.78 is 0. The van der Waals surface area contributed by atoms with Crippen LogP contribution in [-0.4, -0.2) is 6.29 Å². The minimum Gasteiger partial charge on any atom is -0.198 e. The zero-order valence-corrected chi connectivity index (χ0v) is 12.8. The first kappa shape index (κ1) is 15.7. The van der Waals surface area contributed by atoms with Crippen LogP contribution >= 0.6 is 0 Å². The Labute approximate surface area is 113 Å². The summed E-state index contributed by atoms with van der Waals surface area (Å²) in [5.74, 6) is 0. The molecule has 2 nitrogen and oxygen atoms in total. The Kier molecular flexibility index (Phi) is 5.87. The van der Waals surface area contributed by atoms with Crippen LogP contribution in [0.3, 0.4) is 0 Å². The lowest BCUT2D eigenvalue weighted by Crippen LogP contribution is -2.22. The second-order valence-corrected chi connectivity index (χ2v) is 6.56. The first-order chi connectivity index (χ1) is 8.43. The minimum absolute atomic E-state index is 0.0257. The fourth-order valence-corrected chi connectivity index (χ4v) is 2.22. The summed E-state index contributed by atoms with van der Waals surface area (Å²) in [6.45, 7) is 11.3. The van der Waals surface area contributed by atoms with Crippen molar-refractivity contribution in [2.24, 2.45) is 10.8 Å². The average molecular weight is 254 g/mol. The van der Waals surface area contributed by atoms with Gasteiger partial charge in [0.15, 0.2) is 0 Å². The number of hydrogen-bond acceptors (Lipinski definition) is 2. The summed E-state index contributed by atoms with van der Waals surface area (Å²) >= 11 is 0. The molecule has 0 spiro atoms. The Bertz CT molecular complexity index is 266. The van der Waals surface area contributed by atoms with E-state index in [4.69, 9.17) is 9.78 Å². The van der Waals surface area contributed by atoms with E-state index in [0.29, 0.717) is 0 Å². The molecule has 0 saturated carbocycles. The van der Waals surface area contributed by atoms with E-state index in [0.717, 1.165) is 6.42 Å². The third kappa shape index (κ3) is 5.11. The average Bonchev–Trinajstić information content (AvgIpc) is 3.16. The first-order valence-corrected chi connectivity index (χ1v) is 7.46. The van der Waals surface area contributed by atoms with Crippen molar-refractivity contribution in [3.05, 3.63) is 12.2 Å². The van der Waals surface area contributed by atoms with Gasteiger partial charge in [0.25, 0.3) is 0 Å². The molecule has 1 atom stereocenters. The first-order valence-electron chi connectivity index (χ1n) is 7.46. The van der Waals surface area contributed by atoms with Gasteiger partial charge in [0.1, 0.15) is 0 Å². The van der Waals surface area contributed by atoms with Crippen LogP contribution in [0, 0.1) is 10.8 Å². The number of hydrogen-bond donors (Lipinski definition) is 0. The van der Waals surface area contributed by atoms with E-state index in [1.807, 2.05) is 0 Å². The third-order valence-corrected chi connectivity index (χ3v) is 3.89. The van der Waals surface area contributed by atoms with Crippen LogP contribution in [0.4, 0.5) is 0 Å². The van der Waals surface area contributed by atoms with E-state index in [1.54, 1.807) is 0 Å². The lowest BCUT2D eigenvalue weighted by Gasteiger charge is -2.25. The standard InChI is InChI=1S/C16H30O2/c1-6-8-10-15(3,4)12-13-16(5,11-9-7-2)14-17-18-14/h12-14H,6-11H2,1-5H3/b13-12+. The fraction of sp³-hybridized carbons (Fsp3) is 0.875. The molecular weight excluding hydrogens is 224 g/mol. The second-order valence-electron chi connectivity index (χ2n) is 6.56. The number of unbranched alkanes of at least 4 members (excludes halogenated alkanes) is 2. The van der Waals surface area contributed by atoms with Gasteiger partial charge in [-0.05, 0) is 18.3 Å². The lowest BCUT2D eigenvalue weighted by molar-refractivity contribution is 0.0850. The molecule has 0 aliphatic carbocycles. The molecule has 1 fully saturated rings. The zero-order valence-electron chi connectivity index (χ0n) is 12.8. The molecule has 1 rings (SSSR count). The maximum Gasteiger partial charge on any atom is 0.233 e. The predicted molar refractivity (Wildman–Crippen MR) is 76.0 cm³/mol. The number of rotatable bonds is 9. The molecule has 1 saturated heterocycles. The molecule has 0 radical (unpaired) electrons. The van der Waals surface area contributed by atoms with Gasteiger partial charge in [-0.15, -0.1) is 0 Å². The van der Waals surface area contributed by atoms with Gasteiger partial charge >= 0.3 is 0 Å². The Hall–Kier alpha value is -0.340. The summed E-state index contributed by atoms with van der Waals surface area (Å²) in [7, 11) is 0. The van der Waals surface area contributed by atoms with Crippen LogP contribution in [0.5, 0.6) is 0 Å². The summed E-state index contributed by atoms with van der Waals surface area (Å²) in [6, 6.07) is 0. The molecule has 0 bridgehead atoms. The fourth-order valence-electron chi connectivity index (χ4n) is 2.22. The van der Waals surface area contributed by atoms with Crippen molar-refractivity contribution in [2.75, 3.05) is 0 Å². The van der Waals surface area contributed by atoms with Gasteiger partial charge in [-0.25, -0.2) is 0 Å². The molecule has 106 valence electrons. The zero-order chi connectivity index (χ0) is 13.6. The van der Waals surface area contributed by atoms with Gasteiger partial charge in [-0.2, -0.15) is 9.78 Å². The minimum atomic E-state index is -0.0257. The Morgan fingerprint density at radius 2 is 1.44 bits per heavy atom. The van der Waals surface area contributed by atoms with Crippen molar-refractivity contribution in [3.63, 3.8) is 0 Å². The molecule has 0 amide bonds. The van der Waals surface area contributed by atoms with E-state index in [9.17, 15) is 0 Å². The molecular formula is C16H30O2. The Morgan fingerprint density at radius 1 is 0.889 bits per heavy atom. The van der Waals surface area contributed by atoms with Gasteiger partial charge in [-0.1, -0.05) is 72.5 Å². The molecule has 0 aromatic heterocycles. The third-order valence-electron chi connectivity index (χ3n) is 3.89. The van der Waals surface area contributed by atoms with Gasteiger partial charge in [0.05, 0.1) is 0 Å². The highest BCUT2D eigenvalue weighted by molar-refractivity contribution is 5.05. The topological polar surface area (TPSA) is 25.1 Å². The van der Waals surface area contributed by atoms with Crippen LogP contribution in [0.2, 0.25) is 0 Å². The van der Waals surface area contributed by atoms with Gasteiger partial charge in [0, 0.05) is 5.41 Å². The van der Waals surface area contributed by atoms with E-state index in [-0.39, 0.29) is 17.1 Å². The molecule has 0 aromatic carbocycles. The largest absolute Gasteiger partial charge is 0.233 e. The SMILES string of the molecule is CCCCC(C)(C)/C=C/C(C)(CCCC)C1OO1. The Morgan fingerprint density at radius 3 is 1.94 bits per heavy atom. The molecule has 1 unspecified atom stereocenters. The van der Waals surface area contributed by atoms with E-state index in [1.165, 1.54) is 32.1 Å². The van der Waals surface area contributed by atoms with Gasteiger partial charge < -0.3 is 0 Å². The summed E-state index contributed by atoms with van der Waals surface area (Å²) in [4.78, 5) is 10.1. The van der Waals surface area contributed by atoms with Gasteiger partial charge in [0.2, 0.25) is 6.29 Å². The smallest absolute Gasteiger partial charge is 0.198 e. The van der Waals surface area contributed by atoms with Crippen molar-refractivity contribution in [2.45, 2.75) is 79.4 Å². The highest BCUT2D eigenvalue weighted by Gasteiger charge is 2.44. The van der Waals surface area contributed by atoms with Crippen molar-refractivity contribution in [3.8, 4) is 0 Å². The van der Waals surface area contributed by atoms with Crippen LogP contribution in [0.15, 0.2) is 12.2 Å². The van der Waals surface area contributed by atoms with Crippen LogP contribution in [0.25, 0.3) is 0 Å². The number of allylic oxidation sites excluding steroid dienone is 1. The van der Waals surface area contributed by atoms with E-state index >= 15 is 0 Å². The molecule has 2 heteroatoms. The van der Waals surface area contributed by atoms with Crippen LogP contribution in [-0.2, 0) is 9.78 Å².